The minimum absolute atomic E-state index is 0.478. The molecular formula is C18H25BrO2. The Morgan fingerprint density at radius 2 is 2.19 bits per heavy atom. The zero-order chi connectivity index (χ0) is 15.4. The van der Waals surface area contributed by atoms with Crippen LogP contribution in [0.25, 0.3) is 0 Å². The lowest BCUT2D eigenvalue weighted by Gasteiger charge is -2.39. The van der Waals surface area contributed by atoms with Gasteiger partial charge in [-0.1, -0.05) is 25.5 Å². The maximum atomic E-state index is 11.1. The molecule has 0 fully saturated rings. The molecule has 0 N–H and O–H groups in total. The molecular weight excluding hydrogens is 328 g/mol. The smallest absolute Gasteiger partial charge is 0.169 e. The Bertz CT molecular complexity index is 501. The van der Waals surface area contributed by atoms with Crippen molar-refractivity contribution in [2.75, 3.05) is 0 Å². The summed E-state index contributed by atoms with van der Waals surface area (Å²) in [6.45, 7) is 6.77. The number of allylic oxidation sites excluding steroid dienone is 2. The van der Waals surface area contributed by atoms with Crippen molar-refractivity contribution in [2.45, 2.75) is 46.5 Å². The maximum Gasteiger partial charge on any atom is 0.169 e. The number of aldehydes is 1. The molecule has 0 aromatic carbocycles. The first kappa shape index (κ1) is 16.5. The zero-order valence-electron chi connectivity index (χ0n) is 13.1. The SMILES string of the molecule is CC1=CC[C@H](C(C)C)[C@@H](CC=O)[C@H]1CCc1ccc(Br)o1. The molecule has 0 saturated heterocycles. The Morgan fingerprint density at radius 1 is 1.43 bits per heavy atom. The van der Waals surface area contributed by atoms with Gasteiger partial charge in [-0.3, -0.25) is 0 Å². The highest BCUT2D eigenvalue weighted by molar-refractivity contribution is 9.10. The third kappa shape index (κ3) is 4.09. The van der Waals surface area contributed by atoms with Crippen LogP contribution in [-0.4, -0.2) is 6.29 Å². The highest BCUT2D eigenvalue weighted by atomic mass is 79.9. The summed E-state index contributed by atoms with van der Waals surface area (Å²) >= 11 is 3.35. The molecule has 0 bridgehead atoms. The van der Waals surface area contributed by atoms with Crippen LogP contribution in [0.5, 0.6) is 0 Å². The Morgan fingerprint density at radius 3 is 2.76 bits per heavy atom. The molecule has 116 valence electrons. The number of aryl methyl sites for hydroxylation is 1. The molecule has 0 spiro atoms. The van der Waals surface area contributed by atoms with Crippen molar-refractivity contribution in [3.8, 4) is 0 Å². The fraction of sp³-hybridized carbons (Fsp3) is 0.611. The van der Waals surface area contributed by atoms with Crippen LogP contribution in [0.1, 0.15) is 45.8 Å². The van der Waals surface area contributed by atoms with Crippen molar-refractivity contribution < 1.29 is 9.21 Å². The van der Waals surface area contributed by atoms with Gasteiger partial charge in [0.15, 0.2) is 4.67 Å². The topological polar surface area (TPSA) is 30.2 Å². The van der Waals surface area contributed by atoms with Crippen LogP contribution >= 0.6 is 15.9 Å². The normalized spacial score (nSPS) is 26.0. The Labute approximate surface area is 136 Å². The lowest BCUT2D eigenvalue weighted by molar-refractivity contribution is -0.109. The molecule has 0 aliphatic heterocycles. The first-order valence-electron chi connectivity index (χ1n) is 7.87. The van der Waals surface area contributed by atoms with Crippen molar-refractivity contribution in [1.82, 2.24) is 0 Å². The van der Waals surface area contributed by atoms with Gasteiger partial charge >= 0.3 is 0 Å². The van der Waals surface area contributed by atoms with E-state index in [0.29, 0.717) is 30.1 Å². The number of hydrogen-bond acceptors (Lipinski definition) is 2. The second-order valence-corrected chi connectivity index (χ2v) is 7.29. The van der Waals surface area contributed by atoms with E-state index in [4.69, 9.17) is 4.42 Å². The highest BCUT2D eigenvalue weighted by Gasteiger charge is 2.34. The van der Waals surface area contributed by atoms with Gasteiger partial charge in [0.2, 0.25) is 0 Å². The van der Waals surface area contributed by atoms with Gasteiger partial charge < -0.3 is 9.21 Å². The second-order valence-electron chi connectivity index (χ2n) is 6.51. The molecule has 0 amide bonds. The van der Waals surface area contributed by atoms with Gasteiger partial charge in [0.25, 0.3) is 0 Å². The van der Waals surface area contributed by atoms with Gasteiger partial charge in [0, 0.05) is 12.8 Å². The van der Waals surface area contributed by atoms with Crippen molar-refractivity contribution >= 4 is 22.2 Å². The standard InChI is InChI=1S/C18H25BrO2/c1-12(2)15-7-4-13(3)16(17(15)10-11-20)8-5-14-6-9-18(19)21-14/h4,6,9,11-12,15-17H,5,7-8,10H2,1-3H3/t15-,16+,17-/m1/s1. The van der Waals surface area contributed by atoms with E-state index in [1.54, 1.807) is 0 Å². The predicted octanol–water partition coefficient (Wildman–Crippen LogP) is 5.42. The van der Waals surface area contributed by atoms with Crippen molar-refractivity contribution in [3.63, 3.8) is 0 Å². The Kier molecular flexibility index (Phi) is 5.86. The van der Waals surface area contributed by atoms with Crippen LogP contribution in [0.4, 0.5) is 0 Å². The van der Waals surface area contributed by atoms with Gasteiger partial charge in [0.05, 0.1) is 0 Å². The lowest BCUT2D eigenvalue weighted by atomic mass is 9.66. The van der Waals surface area contributed by atoms with Crippen LogP contribution in [0, 0.1) is 23.7 Å². The molecule has 1 aromatic rings. The van der Waals surface area contributed by atoms with Gasteiger partial charge in [-0.05, 0) is 71.5 Å². The number of carbonyl (C=O) groups excluding carboxylic acids is 1. The minimum atomic E-state index is 0.478. The van der Waals surface area contributed by atoms with E-state index < -0.39 is 0 Å². The molecule has 0 saturated carbocycles. The summed E-state index contributed by atoms with van der Waals surface area (Å²) in [6, 6.07) is 3.97. The molecule has 2 rings (SSSR count). The van der Waals surface area contributed by atoms with Crippen LogP contribution in [-0.2, 0) is 11.2 Å². The summed E-state index contributed by atoms with van der Waals surface area (Å²) in [5.74, 6) is 3.24. The summed E-state index contributed by atoms with van der Waals surface area (Å²) in [4.78, 5) is 11.1. The predicted molar refractivity (Wildman–Crippen MR) is 89.1 cm³/mol. The third-order valence-electron chi connectivity index (χ3n) is 4.92. The third-order valence-corrected chi connectivity index (χ3v) is 5.35. The molecule has 2 nitrogen and oxygen atoms in total. The van der Waals surface area contributed by atoms with Crippen LogP contribution < -0.4 is 0 Å². The number of rotatable bonds is 6. The molecule has 1 aromatic heterocycles. The van der Waals surface area contributed by atoms with Gasteiger partial charge in [0.1, 0.15) is 12.0 Å². The molecule has 0 unspecified atom stereocenters. The van der Waals surface area contributed by atoms with Crippen LogP contribution in [0.2, 0.25) is 0 Å². The first-order chi connectivity index (χ1) is 10.0. The summed E-state index contributed by atoms with van der Waals surface area (Å²) < 4.78 is 6.40. The molecule has 1 aliphatic rings. The number of hydrogen-bond donors (Lipinski definition) is 0. The Hall–Kier alpha value is -0.830. The molecule has 1 aliphatic carbocycles. The summed E-state index contributed by atoms with van der Waals surface area (Å²) in [5.41, 5.74) is 1.45. The first-order valence-corrected chi connectivity index (χ1v) is 8.66. The summed E-state index contributed by atoms with van der Waals surface area (Å²) in [5, 5.41) is 0. The fourth-order valence-electron chi connectivity index (χ4n) is 3.73. The fourth-order valence-corrected chi connectivity index (χ4v) is 4.07. The monoisotopic (exact) mass is 352 g/mol. The van der Waals surface area contributed by atoms with Crippen molar-refractivity contribution in [3.05, 3.63) is 34.2 Å². The molecule has 21 heavy (non-hydrogen) atoms. The molecule has 3 atom stereocenters. The average Bonchev–Trinajstić information content (AvgIpc) is 2.84. The second kappa shape index (κ2) is 7.44. The van der Waals surface area contributed by atoms with E-state index in [9.17, 15) is 4.79 Å². The van der Waals surface area contributed by atoms with E-state index >= 15 is 0 Å². The van der Waals surface area contributed by atoms with E-state index in [2.05, 4.69) is 42.8 Å². The quantitative estimate of drug-likeness (QED) is 0.505. The number of carbonyl (C=O) groups is 1. The van der Waals surface area contributed by atoms with E-state index in [0.717, 1.165) is 36.0 Å². The largest absolute Gasteiger partial charge is 0.454 e. The van der Waals surface area contributed by atoms with Gasteiger partial charge in [-0.2, -0.15) is 0 Å². The lowest BCUT2D eigenvalue weighted by Crippen LogP contribution is -2.31. The van der Waals surface area contributed by atoms with Crippen LogP contribution in [0.15, 0.2) is 32.9 Å². The van der Waals surface area contributed by atoms with E-state index in [1.807, 2.05) is 12.1 Å². The summed E-state index contributed by atoms with van der Waals surface area (Å²) in [7, 11) is 0. The Balaban J connectivity index is 2.10. The average molecular weight is 353 g/mol. The number of halogens is 1. The van der Waals surface area contributed by atoms with E-state index in [-0.39, 0.29) is 0 Å². The van der Waals surface area contributed by atoms with Crippen molar-refractivity contribution in [2.24, 2.45) is 23.7 Å². The minimum Gasteiger partial charge on any atom is -0.454 e. The van der Waals surface area contributed by atoms with Crippen molar-refractivity contribution in [1.29, 1.82) is 0 Å². The van der Waals surface area contributed by atoms with Crippen LogP contribution in [0.3, 0.4) is 0 Å². The van der Waals surface area contributed by atoms with Gasteiger partial charge in [-0.15, -0.1) is 0 Å². The zero-order valence-corrected chi connectivity index (χ0v) is 14.7. The maximum absolute atomic E-state index is 11.1. The summed E-state index contributed by atoms with van der Waals surface area (Å²) in [6.07, 6.45) is 7.28. The molecule has 1 heterocycles. The number of furan rings is 1. The van der Waals surface area contributed by atoms with Gasteiger partial charge in [-0.25, -0.2) is 0 Å². The highest BCUT2D eigenvalue weighted by Crippen LogP contribution is 2.42. The molecule has 3 heteroatoms. The van der Waals surface area contributed by atoms with E-state index in [1.165, 1.54) is 5.57 Å². The molecule has 0 radical (unpaired) electrons.